The molecule has 0 rings (SSSR count). The summed E-state index contributed by atoms with van der Waals surface area (Å²) in [6.45, 7) is -0.388. The van der Waals surface area contributed by atoms with Gasteiger partial charge >= 0.3 is 21.3 Å². The number of carbonyl (C=O) groups is 1. The third kappa shape index (κ3) is 5.35. The van der Waals surface area contributed by atoms with Crippen LogP contribution in [-0.2, 0) is 29.1 Å². The Morgan fingerprint density at radius 2 is 1.94 bits per heavy atom. The van der Waals surface area contributed by atoms with Crippen molar-refractivity contribution in [2.45, 2.75) is 11.7 Å². The van der Waals surface area contributed by atoms with Crippen molar-refractivity contribution in [2.24, 2.45) is 0 Å². The highest BCUT2D eigenvalue weighted by molar-refractivity contribution is 7.87. The maximum atomic E-state index is 12.6. The number of ether oxygens (including phenoxy) is 3. The van der Waals surface area contributed by atoms with Crippen LogP contribution in [0.1, 0.15) is 6.42 Å². The minimum absolute atomic E-state index is 0.00484. The average molecular weight is 278 g/mol. The summed E-state index contributed by atoms with van der Waals surface area (Å²) in [5.74, 6) is -2.33. The van der Waals surface area contributed by atoms with Gasteiger partial charge in [0.2, 0.25) is 0 Å². The molecule has 0 aliphatic carbocycles. The van der Waals surface area contributed by atoms with E-state index in [0.717, 1.165) is 0 Å². The molecule has 0 unspecified atom stereocenters. The molecule has 0 radical (unpaired) electrons. The molecule has 0 aromatic carbocycles. The first-order chi connectivity index (χ1) is 7.73. The van der Waals surface area contributed by atoms with Gasteiger partial charge in [-0.1, -0.05) is 0 Å². The van der Waals surface area contributed by atoms with Crippen LogP contribution < -0.4 is 0 Å². The second-order valence-electron chi connectivity index (χ2n) is 2.80. The molecule has 0 aromatic rings. The number of hydrogen-bond acceptors (Lipinski definition) is 6. The molecule has 0 atom stereocenters. The van der Waals surface area contributed by atoms with Crippen molar-refractivity contribution in [3.63, 3.8) is 0 Å². The molecule has 1 N–H and O–H groups in total. The fraction of sp³-hybridized carbons (Fsp3) is 0.857. The van der Waals surface area contributed by atoms with E-state index in [1.807, 2.05) is 0 Å². The molecule has 10 heteroatoms. The van der Waals surface area contributed by atoms with Crippen molar-refractivity contribution in [1.29, 1.82) is 0 Å². The maximum Gasteiger partial charge on any atom is 0.465 e. The fourth-order valence-corrected chi connectivity index (χ4v) is 0.927. The molecular formula is C7H12F2O7S. The molecule has 0 saturated carbocycles. The monoisotopic (exact) mass is 278 g/mol. The summed E-state index contributed by atoms with van der Waals surface area (Å²) in [5, 5.41) is -4.96. The first kappa shape index (κ1) is 16.2. The first-order valence-corrected chi connectivity index (χ1v) is 5.76. The predicted octanol–water partition coefficient (Wildman–Crippen LogP) is 0.0208. The van der Waals surface area contributed by atoms with Gasteiger partial charge in [-0.3, -0.25) is 4.55 Å². The van der Waals surface area contributed by atoms with Crippen LogP contribution in [0.2, 0.25) is 0 Å². The van der Waals surface area contributed by atoms with E-state index in [9.17, 15) is 22.0 Å². The van der Waals surface area contributed by atoms with Crippen LogP contribution in [0.4, 0.5) is 8.78 Å². The van der Waals surface area contributed by atoms with Crippen molar-refractivity contribution in [1.82, 2.24) is 0 Å². The standard InChI is InChI=1S/C7H12F2O7S/c1-14-5-15-3-2-4-16-6(10)7(8,9)17(11,12)13/h2-5H2,1H3,(H,11,12,13). The highest BCUT2D eigenvalue weighted by atomic mass is 32.2. The van der Waals surface area contributed by atoms with Gasteiger partial charge in [-0.15, -0.1) is 0 Å². The Hall–Kier alpha value is -0.840. The van der Waals surface area contributed by atoms with E-state index < -0.39 is 27.9 Å². The smallest absolute Gasteiger partial charge is 0.460 e. The highest BCUT2D eigenvalue weighted by Gasteiger charge is 2.54. The van der Waals surface area contributed by atoms with Crippen LogP contribution in [-0.4, -0.2) is 51.3 Å². The number of rotatable bonds is 8. The van der Waals surface area contributed by atoms with Gasteiger partial charge in [0.15, 0.2) is 0 Å². The Morgan fingerprint density at radius 1 is 1.35 bits per heavy atom. The van der Waals surface area contributed by atoms with Gasteiger partial charge in [0, 0.05) is 13.5 Å². The number of methoxy groups -OCH3 is 1. The second kappa shape index (κ2) is 6.79. The molecule has 0 fully saturated rings. The predicted molar refractivity (Wildman–Crippen MR) is 49.9 cm³/mol. The van der Waals surface area contributed by atoms with Gasteiger partial charge in [-0.05, 0) is 0 Å². The quantitative estimate of drug-likeness (QED) is 0.289. The topological polar surface area (TPSA) is 99.1 Å². The molecule has 0 spiro atoms. The van der Waals surface area contributed by atoms with Crippen LogP contribution >= 0.6 is 0 Å². The zero-order valence-corrected chi connectivity index (χ0v) is 9.71. The van der Waals surface area contributed by atoms with Gasteiger partial charge < -0.3 is 14.2 Å². The minimum atomic E-state index is -5.81. The second-order valence-corrected chi connectivity index (χ2v) is 4.26. The molecule has 0 aromatic heterocycles. The van der Waals surface area contributed by atoms with E-state index in [2.05, 4.69) is 9.47 Å². The number of carbonyl (C=O) groups excluding carboxylic acids is 1. The number of halogens is 2. The summed E-state index contributed by atoms with van der Waals surface area (Å²) in [7, 11) is -4.43. The molecule has 0 amide bonds. The Morgan fingerprint density at radius 3 is 2.41 bits per heavy atom. The summed E-state index contributed by atoms with van der Waals surface area (Å²) in [5.41, 5.74) is 0. The fourth-order valence-electron chi connectivity index (χ4n) is 0.657. The zero-order chi connectivity index (χ0) is 13.5. The Balaban J connectivity index is 3.96. The van der Waals surface area contributed by atoms with Crippen LogP contribution in [0.25, 0.3) is 0 Å². The van der Waals surface area contributed by atoms with E-state index in [1.165, 1.54) is 7.11 Å². The van der Waals surface area contributed by atoms with Crippen LogP contribution in [0.3, 0.4) is 0 Å². The summed E-state index contributed by atoms with van der Waals surface area (Å²) < 4.78 is 66.7. The van der Waals surface area contributed by atoms with E-state index >= 15 is 0 Å². The molecule has 0 aliphatic rings. The highest BCUT2D eigenvalue weighted by Crippen LogP contribution is 2.22. The normalized spacial score (nSPS) is 12.5. The van der Waals surface area contributed by atoms with Gasteiger partial charge in [0.1, 0.15) is 6.79 Å². The third-order valence-corrected chi connectivity index (χ3v) is 2.24. The lowest BCUT2D eigenvalue weighted by Gasteiger charge is -2.11. The van der Waals surface area contributed by atoms with Gasteiger partial charge in [0.05, 0.1) is 13.2 Å². The molecule has 17 heavy (non-hydrogen) atoms. The minimum Gasteiger partial charge on any atom is -0.460 e. The molecule has 7 nitrogen and oxygen atoms in total. The van der Waals surface area contributed by atoms with Crippen molar-refractivity contribution < 1.29 is 40.8 Å². The van der Waals surface area contributed by atoms with E-state index in [-0.39, 0.29) is 19.8 Å². The van der Waals surface area contributed by atoms with E-state index in [4.69, 9.17) is 9.29 Å². The third-order valence-electron chi connectivity index (χ3n) is 1.43. The van der Waals surface area contributed by atoms with Crippen LogP contribution in [0.15, 0.2) is 0 Å². The SMILES string of the molecule is COCOCCCOC(=O)C(F)(F)S(=O)(=O)O. The van der Waals surface area contributed by atoms with Gasteiger partial charge in [0.25, 0.3) is 0 Å². The zero-order valence-electron chi connectivity index (χ0n) is 8.89. The van der Waals surface area contributed by atoms with E-state index in [1.54, 1.807) is 0 Å². The molecule has 0 bridgehead atoms. The number of hydrogen-bond donors (Lipinski definition) is 1. The Labute approximate surface area is 96.4 Å². The Bertz CT molecular complexity index is 340. The molecule has 0 aliphatic heterocycles. The van der Waals surface area contributed by atoms with E-state index in [0.29, 0.717) is 0 Å². The van der Waals surface area contributed by atoms with Crippen molar-refractivity contribution in [3.8, 4) is 0 Å². The lowest BCUT2D eigenvalue weighted by atomic mass is 10.5. The summed E-state index contributed by atoms with van der Waals surface area (Å²) in [6.07, 6.45) is 0.0800. The number of alkyl halides is 2. The van der Waals surface area contributed by atoms with Gasteiger partial charge in [-0.25, -0.2) is 4.79 Å². The number of esters is 1. The van der Waals surface area contributed by atoms with Gasteiger partial charge in [-0.2, -0.15) is 17.2 Å². The molecule has 0 heterocycles. The summed E-state index contributed by atoms with van der Waals surface area (Å²) in [4.78, 5) is 10.6. The van der Waals surface area contributed by atoms with Crippen molar-refractivity contribution in [3.05, 3.63) is 0 Å². The lowest BCUT2D eigenvalue weighted by Crippen LogP contribution is -2.39. The lowest BCUT2D eigenvalue weighted by molar-refractivity contribution is -0.162. The molecular weight excluding hydrogens is 266 g/mol. The summed E-state index contributed by atoms with van der Waals surface area (Å²) in [6, 6.07) is 0. The van der Waals surface area contributed by atoms with Crippen LogP contribution in [0, 0.1) is 0 Å². The van der Waals surface area contributed by atoms with Crippen molar-refractivity contribution >= 4 is 16.1 Å². The Kier molecular flexibility index (Phi) is 6.45. The molecule has 102 valence electrons. The summed E-state index contributed by atoms with van der Waals surface area (Å²) >= 11 is 0. The first-order valence-electron chi connectivity index (χ1n) is 4.32. The van der Waals surface area contributed by atoms with Crippen LogP contribution in [0.5, 0.6) is 0 Å². The average Bonchev–Trinajstić information content (AvgIpc) is 2.21. The maximum absolute atomic E-state index is 12.6. The largest absolute Gasteiger partial charge is 0.465 e. The molecule has 0 saturated heterocycles. The van der Waals surface area contributed by atoms with Crippen molar-refractivity contribution in [2.75, 3.05) is 27.1 Å².